The van der Waals surface area contributed by atoms with Crippen molar-refractivity contribution >= 4 is 11.7 Å². The molecule has 5 nitrogen and oxygen atoms in total. The zero-order valence-electron chi connectivity index (χ0n) is 20.4. The van der Waals surface area contributed by atoms with Gasteiger partial charge in [0, 0.05) is 38.0 Å². The molecule has 3 rings (SSSR count). The summed E-state index contributed by atoms with van der Waals surface area (Å²) in [5, 5.41) is 9.89. The fraction of sp³-hybridized carbons (Fsp3) is 0.536. The van der Waals surface area contributed by atoms with E-state index < -0.39 is 0 Å². The molecule has 2 aromatic carbocycles. The Morgan fingerprint density at radius 1 is 1.03 bits per heavy atom. The van der Waals surface area contributed by atoms with Gasteiger partial charge in [-0.15, -0.1) is 0 Å². The number of aryl methyl sites for hydroxylation is 3. The number of phenols is 1. The summed E-state index contributed by atoms with van der Waals surface area (Å²) in [5.74, 6) is 1.24. The number of unbranched alkanes of at least 4 members (excludes halogenated alkanes) is 2. The Morgan fingerprint density at radius 2 is 1.70 bits per heavy atom. The molecule has 1 heterocycles. The molecule has 0 aromatic heterocycles. The first-order valence-electron chi connectivity index (χ1n) is 12.4. The maximum atomic E-state index is 12.3. The van der Waals surface area contributed by atoms with E-state index in [9.17, 15) is 9.90 Å². The SMILES string of the molecule is CCCOc1ccc(N2CCC(OC(=O)CCCCCc3cc(C)c(O)c(C)c3)CC2)cc1. The summed E-state index contributed by atoms with van der Waals surface area (Å²) in [6.45, 7) is 8.52. The molecule has 0 aliphatic carbocycles. The van der Waals surface area contributed by atoms with E-state index in [0.717, 1.165) is 81.5 Å². The number of aromatic hydroxyl groups is 1. The Bertz CT molecular complexity index is 862. The van der Waals surface area contributed by atoms with E-state index in [2.05, 4.69) is 36.1 Å². The number of nitrogens with zero attached hydrogens (tertiary/aromatic N) is 1. The van der Waals surface area contributed by atoms with Gasteiger partial charge in [-0.25, -0.2) is 0 Å². The topological polar surface area (TPSA) is 59.0 Å². The van der Waals surface area contributed by atoms with Crippen LogP contribution in [-0.4, -0.2) is 36.9 Å². The summed E-state index contributed by atoms with van der Waals surface area (Å²) in [4.78, 5) is 14.6. The fourth-order valence-corrected chi connectivity index (χ4v) is 4.41. The predicted molar refractivity (Wildman–Crippen MR) is 133 cm³/mol. The quantitative estimate of drug-likeness (QED) is 0.328. The zero-order chi connectivity index (χ0) is 23.6. The molecule has 1 saturated heterocycles. The first kappa shape index (κ1) is 24.9. The second kappa shape index (κ2) is 12.5. The average Bonchev–Trinajstić information content (AvgIpc) is 2.82. The molecular formula is C28H39NO4. The molecule has 0 radical (unpaired) electrons. The average molecular weight is 454 g/mol. The second-order valence-corrected chi connectivity index (χ2v) is 9.16. The van der Waals surface area contributed by atoms with E-state index in [1.165, 1.54) is 11.3 Å². The van der Waals surface area contributed by atoms with Crippen LogP contribution in [0.15, 0.2) is 36.4 Å². The third kappa shape index (κ3) is 7.69. The van der Waals surface area contributed by atoms with Crippen molar-refractivity contribution in [1.29, 1.82) is 0 Å². The maximum Gasteiger partial charge on any atom is 0.306 e. The van der Waals surface area contributed by atoms with Crippen LogP contribution in [0.1, 0.15) is 68.6 Å². The molecule has 0 bridgehead atoms. The van der Waals surface area contributed by atoms with Crippen molar-refractivity contribution < 1.29 is 19.4 Å². The van der Waals surface area contributed by atoms with Crippen LogP contribution in [0, 0.1) is 13.8 Å². The van der Waals surface area contributed by atoms with Gasteiger partial charge in [0.25, 0.3) is 0 Å². The zero-order valence-corrected chi connectivity index (χ0v) is 20.4. The highest BCUT2D eigenvalue weighted by molar-refractivity contribution is 5.69. The van der Waals surface area contributed by atoms with Gasteiger partial charge in [0.2, 0.25) is 0 Å². The third-order valence-corrected chi connectivity index (χ3v) is 6.31. The lowest BCUT2D eigenvalue weighted by molar-refractivity contribution is -0.150. The Labute approximate surface area is 198 Å². The molecular weight excluding hydrogens is 414 g/mol. The Hall–Kier alpha value is -2.69. The number of ether oxygens (including phenoxy) is 2. The Morgan fingerprint density at radius 3 is 2.33 bits per heavy atom. The van der Waals surface area contributed by atoms with Crippen molar-refractivity contribution in [2.45, 2.75) is 78.2 Å². The van der Waals surface area contributed by atoms with Crippen molar-refractivity contribution in [3.05, 3.63) is 53.1 Å². The Balaban J connectivity index is 1.30. The van der Waals surface area contributed by atoms with Crippen molar-refractivity contribution in [1.82, 2.24) is 0 Å². The van der Waals surface area contributed by atoms with E-state index in [0.29, 0.717) is 12.2 Å². The number of rotatable bonds is 11. The number of phenolic OH excluding ortho intramolecular Hbond substituents is 1. The van der Waals surface area contributed by atoms with Crippen LogP contribution in [0.3, 0.4) is 0 Å². The van der Waals surface area contributed by atoms with Crippen molar-refractivity contribution in [2.75, 3.05) is 24.6 Å². The number of carbonyl (C=O) groups excluding carboxylic acids is 1. The van der Waals surface area contributed by atoms with Crippen molar-refractivity contribution in [3.63, 3.8) is 0 Å². The normalized spacial score (nSPS) is 14.3. The van der Waals surface area contributed by atoms with Gasteiger partial charge in [-0.3, -0.25) is 4.79 Å². The largest absolute Gasteiger partial charge is 0.507 e. The van der Waals surface area contributed by atoms with Gasteiger partial charge in [-0.1, -0.05) is 25.5 Å². The molecule has 2 aromatic rings. The molecule has 0 unspecified atom stereocenters. The van der Waals surface area contributed by atoms with Crippen LogP contribution in [0.5, 0.6) is 11.5 Å². The Kier molecular flexibility index (Phi) is 9.47. The van der Waals surface area contributed by atoms with Crippen LogP contribution in [0.2, 0.25) is 0 Å². The summed E-state index contributed by atoms with van der Waals surface area (Å²) in [6, 6.07) is 12.4. The lowest BCUT2D eigenvalue weighted by atomic mass is 10.0. The summed E-state index contributed by atoms with van der Waals surface area (Å²) < 4.78 is 11.4. The highest BCUT2D eigenvalue weighted by Gasteiger charge is 2.22. The van der Waals surface area contributed by atoms with Crippen molar-refractivity contribution in [2.24, 2.45) is 0 Å². The number of carbonyl (C=O) groups is 1. The standard InChI is InChI=1S/C28H39NO4/c1-4-18-32-25-12-10-24(11-13-25)29-16-14-26(15-17-29)33-27(30)9-7-5-6-8-23-19-21(2)28(31)22(3)20-23/h10-13,19-20,26,31H,4-9,14-18H2,1-3H3. The summed E-state index contributed by atoms with van der Waals surface area (Å²) in [7, 11) is 0. The molecule has 5 heteroatoms. The van der Waals surface area contributed by atoms with Crippen LogP contribution in [-0.2, 0) is 16.0 Å². The third-order valence-electron chi connectivity index (χ3n) is 6.31. The monoisotopic (exact) mass is 453 g/mol. The molecule has 1 aliphatic heterocycles. The van der Waals surface area contributed by atoms with Crippen molar-refractivity contribution in [3.8, 4) is 11.5 Å². The molecule has 0 saturated carbocycles. The van der Waals surface area contributed by atoms with Crippen LogP contribution in [0.4, 0.5) is 5.69 Å². The van der Waals surface area contributed by atoms with Crippen LogP contribution in [0.25, 0.3) is 0 Å². The maximum absolute atomic E-state index is 12.3. The highest BCUT2D eigenvalue weighted by atomic mass is 16.5. The molecule has 1 aliphatic rings. The molecule has 33 heavy (non-hydrogen) atoms. The molecule has 1 N–H and O–H groups in total. The van der Waals surface area contributed by atoms with E-state index in [4.69, 9.17) is 9.47 Å². The molecule has 1 fully saturated rings. The van der Waals surface area contributed by atoms with E-state index in [1.807, 2.05) is 26.0 Å². The first-order valence-corrected chi connectivity index (χ1v) is 12.4. The van der Waals surface area contributed by atoms with E-state index >= 15 is 0 Å². The summed E-state index contributed by atoms with van der Waals surface area (Å²) >= 11 is 0. The summed E-state index contributed by atoms with van der Waals surface area (Å²) in [5.41, 5.74) is 4.30. The van der Waals surface area contributed by atoms with Gasteiger partial charge in [-0.2, -0.15) is 0 Å². The molecule has 0 atom stereocenters. The van der Waals surface area contributed by atoms with Gasteiger partial charge in [0.05, 0.1) is 6.61 Å². The minimum absolute atomic E-state index is 0.0313. The van der Waals surface area contributed by atoms with Gasteiger partial charge in [0.1, 0.15) is 17.6 Å². The molecule has 0 amide bonds. The number of anilines is 1. The van der Waals surface area contributed by atoms with Gasteiger partial charge in [0.15, 0.2) is 0 Å². The molecule has 0 spiro atoms. The number of hydrogen-bond acceptors (Lipinski definition) is 5. The molecule has 180 valence electrons. The number of piperidine rings is 1. The highest BCUT2D eigenvalue weighted by Crippen LogP contribution is 2.25. The minimum Gasteiger partial charge on any atom is -0.507 e. The number of benzene rings is 2. The summed E-state index contributed by atoms with van der Waals surface area (Å²) in [6.07, 6.45) is 7.16. The fourth-order valence-electron chi connectivity index (χ4n) is 4.41. The predicted octanol–water partition coefficient (Wildman–Crippen LogP) is 6.11. The lowest BCUT2D eigenvalue weighted by Gasteiger charge is -2.33. The van der Waals surface area contributed by atoms with E-state index in [1.54, 1.807) is 0 Å². The van der Waals surface area contributed by atoms with Gasteiger partial charge >= 0.3 is 5.97 Å². The lowest BCUT2D eigenvalue weighted by Crippen LogP contribution is -2.37. The van der Waals surface area contributed by atoms with Gasteiger partial charge in [-0.05, 0) is 80.5 Å². The second-order valence-electron chi connectivity index (χ2n) is 9.16. The first-order chi connectivity index (χ1) is 16.0. The minimum atomic E-state index is -0.0674. The number of hydrogen-bond donors (Lipinski definition) is 1. The van der Waals surface area contributed by atoms with Crippen LogP contribution >= 0.6 is 0 Å². The van der Waals surface area contributed by atoms with Crippen LogP contribution < -0.4 is 9.64 Å². The van der Waals surface area contributed by atoms with Gasteiger partial charge < -0.3 is 19.5 Å². The number of esters is 1. The van der Waals surface area contributed by atoms with E-state index in [-0.39, 0.29) is 12.1 Å². The smallest absolute Gasteiger partial charge is 0.306 e.